The van der Waals surface area contributed by atoms with Crippen LogP contribution in [-0.4, -0.2) is 42.2 Å². The fraction of sp³-hybridized carbons (Fsp3) is 0.562. The van der Waals surface area contributed by atoms with Gasteiger partial charge in [0.1, 0.15) is 0 Å². The van der Waals surface area contributed by atoms with E-state index in [2.05, 4.69) is 17.4 Å². The second-order valence-corrected chi connectivity index (χ2v) is 5.45. The predicted octanol–water partition coefficient (Wildman–Crippen LogP) is 1.32. The minimum absolute atomic E-state index is 0.104. The van der Waals surface area contributed by atoms with Crippen LogP contribution >= 0.6 is 0 Å². The first-order valence-corrected chi connectivity index (χ1v) is 7.38. The molecule has 4 nitrogen and oxygen atoms in total. The van der Waals surface area contributed by atoms with Gasteiger partial charge in [-0.15, -0.1) is 0 Å². The summed E-state index contributed by atoms with van der Waals surface area (Å²) in [6.07, 6.45) is 3.51. The summed E-state index contributed by atoms with van der Waals surface area (Å²) in [5.41, 5.74) is 2.57. The minimum Gasteiger partial charge on any atom is -0.396 e. The molecule has 20 heavy (non-hydrogen) atoms. The van der Waals surface area contributed by atoms with E-state index in [1.165, 1.54) is 11.1 Å². The second kappa shape index (κ2) is 7.41. The van der Waals surface area contributed by atoms with E-state index >= 15 is 0 Å². The number of nitrogens with one attached hydrogen (secondary N) is 1. The summed E-state index contributed by atoms with van der Waals surface area (Å²) in [6.45, 7) is 1.77. The fourth-order valence-corrected chi connectivity index (χ4v) is 2.64. The Balaban J connectivity index is 1.84. The van der Waals surface area contributed by atoms with Crippen LogP contribution < -0.4 is 5.32 Å². The van der Waals surface area contributed by atoms with Gasteiger partial charge in [-0.3, -0.25) is 4.79 Å². The lowest BCUT2D eigenvalue weighted by molar-refractivity contribution is -0.132. The van der Waals surface area contributed by atoms with Crippen LogP contribution in [0.5, 0.6) is 0 Å². The number of amides is 1. The van der Waals surface area contributed by atoms with Gasteiger partial charge in [-0.2, -0.15) is 0 Å². The topological polar surface area (TPSA) is 52.6 Å². The number of fused-ring (bicyclic) bond motifs is 1. The van der Waals surface area contributed by atoms with Gasteiger partial charge in [-0.05, 0) is 36.8 Å². The molecule has 1 heterocycles. The van der Waals surface area contributed by atoms with Crippen molar-refractivity contribution < 1.29 is 9.90 Å². The molecule has 1 unspecified atom stereocenters. The Kier molecular flexibility index (Phi) is 5.56. The normalized spacial score (nSPS) is 17.6. The van der Waals surface area contributed by atoms with Gasteiger partial charge in [-0.25, -0.2) is 0 Å². The predicted molar refractivity (Wildman–Crippen MR) is 79.3 cm³/mol. The number of carbonyl (C=O) groups excluding carboxylic acids is 1. The molecule has 0 saturated carbocycles. The van der Waals surface area contributed by atoms with E-state index in [1.807, 2.05) is 24.1 Å². The van der Waals surface area contributed by atoms with Crippen LogP contribution in [0.3, 0.4) is 0 Å². The molecular formula is C16H24N2O2. The van der Waals surface area contributed by atoms with Crippen LogP contribution in [0.15, 0.2) is 24.3 Å². The Morgan fingerprint density at radius 2 is 2.05 bits per heavy atom. The average Bonchev–Trinajstić information content (AvgIpc) is 2.50. The van der Waals surface area contributed by atoms with Crippen LogP contribution in [0.4, 0.5) is 0 Å². The third kappa shape index (κ3) is 3.81. The van der Waals surface area contributed by atoms with Gasteiger partial charge >= 0.3 is 0 Å². The van der Waals surface area contributed by atoms with E-state index in [0.29, 0.717) is 0 Å². The third-order valence-electron chi connectivity index (χ3n) is 3.91. The van der Waals surface area contributed by atoms with E-state index in [0.717, 1.165) is 38.8 Å². The number of nitrogens with zero attached hydrogens (tertiary/aromatic N) is 1. The Morgan fingerprint density at radius 1 is 1.30 bits per heavy atom. The average molecular weight is 276 g/mol. The maximum atomic E-state index is 12.4. The monoisotopic (exact) mass is 276 g/mol. The molecule has 1 aromatic carbocycles. The number of aliphatic hydroxyl groups is 1. The molecule has 0 fully saturated rings. The number of aliphatic hydroxyl groups excluding tert-OH is 1. The van der Waals surface area contributed by atoms with Gasteiger partial charge in [0.2, 0.25) is 5.91 Å². The molecule has 0 aromatic heterocycles. The molecule has 1 aromatic rings. The van der Waals surface area contributed by atoms with Crippen molar-refractivity contribution in [2.75, 3.05) is 20.2 Å². The molecule has 1 aliphatic rings. The van der Waals surface area contributed by atoms with E-state index in [-0.39, 0.29) is 18.6 Å². The van der Waals surface area contributed by atoms with E-state index in [4.69, 9.17) is 5.11 Å². The Bertz CT molecular complexity index is 448. The highest BCUT2D eigenvalue weighted by atomic mass is 16.2. The third-order valence-corrected chi connectivity index (χ3v) is 3.91. The molecule has 0 spiro atoms. The Hall–Kier alpha value is -1.39. The summed E-state index contributed by atoms with van der Waals surface area (Å²) >= 11 is 0. The van der Waals surface area contributed by atoms with Crippen molar-refractivity contribution in [2.24, 2.45) is 0 Å². The number of carbonyl (C=O) groups is 1. The summed E-state index contributed by atoms with van der Waals surface area (Å²) in [6, 6.07) is 8.19. The minimum atomic E-state index is -0.104. The lowest BCUT2D eigenvalue weighted by Crippen LogP contribution is -2.48. The highest BCUT2D eigenvalue weighted by Crippen LogP contribution is 2.17. The smallest absolute Gasteiger partial charge is 0.239 e. The van der Waals surface area contributed by atoms with Gasteiger partial charge in [0, 0.05) is 26.7 Å². The summed E-state index contributed by atoms with van der Waals surface area (Å²) in [7, 11) is 1.86. The van der Waals surface area contributed by atoms with Crippen molar-refractivity contribution >= 4 is 5.91 Å². The molecule has 110 valence electrons. The van der Waals surface area contributed by atoms with Gasteiger partial charge in [0.15, 0.2) is 0 Å². The highest BCUT2D eigenvalue weighted by Gasteiger charge is 2.25. The first-order valence-electron chi connectivity index (χ1n) is 7.38. The number of benzene rings is 1. The van der Waals surface area contributed by atoms with Crippen molar-refractivity contribution in [3.8, 4) is 0 Å². The zero-order valence-corrected chi connectivity index (χ0v) is 12.1. The summed E-state index contributed by atoms with van der Waals surface area (Å²) in [5, 5.41) is 12.1. The maximum Gasteiger partial charge on any atom is 0.239 e. The zero-order chi connectivity index (χ0) is 14.4. The number of rotatable bonds is 6. The summed E-state index contributed by atoms with van der Waals surface area (Å²) in [5.74, 6) is 0.170. The summed E-state index contributed by atoms with van der Waals surface area (Å²) in [4.78, 5) is 14.2. The van der Waals surface area contributed by atoms with Gasteiger partial charge < -0.3 is 15.3 Å². The Labute approximate surface area is 120 Å². The molecule has 4 heteroatoms. The molecular weight excluding hydrogens is 252 g/mol. The number of likely N-dealkylation sites (N-methyl/N-ethyl adjacent to an activating group) is 1. The first-order chi connectivity index (χ1) is 9.72. The maximum absolute atomic E-state index is 12.4. The van der Waals surface area contributed by atoms with Crippen molar-refractivity contribution in [2.45, 2.75) is 38.3 Å². The lowest BCUT2D eigenvalue weighted by atomic mass is 9.95. The Morgan fingerprint density at radius 3 is 2.80 bits per heavy atom. The molecule has 2 rings (SSSR count). The van der Waals surface area contributed by atoms with Crippen LogP contribution in [0.1, 0.15) is 30.4 Å². The number of unbranched alkanes of at least 4 members (excludes halogenated alkanes) is 2. The van der Waals surface area contributed by atoms with Crippen molar-refractivity contribution in [1.29, 1.82) is 0 Å². The van der Waals surface area contributed by atoms with Gasteiger partial charge in [0.05, 0.1) is 6.04 Å². The molecule has 1 atom stereocenters. The highest BCUT2D eigenvalue weighted by molar-refractivity contribution is 5.82. The number of hydrogen-bond acceptors (Lipinski definition) is 3. The zero-order valence-electron chi connectivity index (χ0n) is 12.1. The van der Waals surface area contributed by atoms with E-state index in [9.17, 15) is 4.79 Å². The largest absolute Gasteiger partial charge is 0.396 e. The quantitative estimate of drug-likeness (QED) is 0.771. The van der Waals surface area contributed by atoms with Crippen molar-refractivity contribution in [3.05, 3.63) is 35.4 Å². The van der Waals surface area contributed by atoms with E-state index in [1.54, 1.807) is 0 Å². The van der Waals surface area contributed by atoms with Crippen LogP contribution in [0, 0.1) is 0 Å². The molecule has 0 saturated heterocycles. The molecule has 1 aliphatic heterocycles. The SMILES string of the molecule is CN(CCCCCO)C(=O)C1Cc2ccccc2CN1. The second-order valence-electron chi connectivity index (χ2n) is 5.45. The fourth-order valence-electron chi connectivity index (χ4n) is 2.64. The molecule has 0 aliphatic carbocycles. The van der Waals surface area contributed by atoms with Crippen molar-refractivity contribution in [3.63, 3.8) is 0 Å². The van der Waals surface area contributed by atoms with Crippen LogP contribution in [0.25, 0.3) is 0 Å². The molecule has 0 bridgehead atoms. The van der Waals surface area contributed by atoms with Crippen LogP contribution in [-0.2, 0) is 17.8 Å². The molecule has 0 radical (unpaired) electrons. The van der Waals surface area contributed by atoms with Crippen LogP contribution in [0.2, 0.25) is 0 Å². The number of hydrogen-bond donors (Lipinski definition) is 2. The van der Waals surface area contributed by atoms with Crippen molar-refractivity contribution in [1.82, 2.24) is 10.2 Å². The standard InChI is InChI=1S/C16H24N2O2/c1-18(9-5-2-6-10-19)16(20)15-11-13-7-3-4-8-14(13)12-17-15/h3-4,7-8,15,17,19H,2,5-6,9-12H2,1H3. The molecule has 2 N–H and O–H groups in total. The summed E-state index contributed by atoms with van der Waals surface area (Å²) < 4.78 is 0. The molecule has 1 amide bonds. The van der Waals surface area contributed by atoms with Gasteiger partial charge in [0.25, 0.3) is 0 Å². The lowest BCUT2D eigenvalue weighted by Gasteiger charge is -2.29. The first kappa shape index (κ1) is 15.0. The van der Waals surface area contributed by atoms with Gasteiger partial charge in [-0.1, -0.05) is 24.3 Å². The van der Waals surface area contributed by atoms with E-state index < -0.39 is 0 Å².